The van der Waals surface area contributed by atoms with Crippen molar-refractivity contribution in [1.29, 1.82) is 0 Å². The Morgan fingerprint density at radius 3 is 2.77 bits per heavy atom. The van der Waals surface area contributed by atoms with Gasteiger partial charge in [0.1, 0.15) is 5.75 Å². The van der Waals surface area contributed by atoms with Crippen LogP contribution in [0.25, 0.3) is 0 Å². The first kappa shape index (κ1) is 18.4. The molecule has 1 aliphatic heterocycles. The lowest BCUT2D eigenvalue weighted by atomic mass is 10.2. The molecule has 0 aromatic heterocycles. The Morgan fingerprint density at radius 1 is 1.23 bits per heavy atom. The fraction of sp³-hybridized carbons (Fsp3) is 0.222. The lowest BCUT2D eigenvalue weighted by Crippen LogP contribution is -2.39. The maximum atomic E-state index is 12.3. The number of halogens is 2. The first-order valence-electron chi connectivity index (χ1n) is 7.93. The van der Waals surface area contributed by atoms with E-state index in [-0.39, 0.29) is 18.4 Å². The Hall–Kier alpha value is -2.44. The van der Waals surface area contributed by atoms with Crippen molar-refractivity contribution >= 4 is 46.5 Å². The zero-order chi connectivity index (χ0) is 18.7. The maximum absolute atomic E-state index is 12.3. The molecule has 0 radical (unpaired) electrons. The van der Waals surface area contributed by atoms with Crippen LogP contribution in [-0.4, -0.2) is 31.6 Å². The molecule has 2 aromatic rings. The zero-order valence-electron chi connectivity index (χ0n) is 14.0. The lowest BCUT2D eigenvalue weighted by molar-refractivity contribution is -0.117. The number of ether oxygens (including phenoxy) is 1. The SMILES string of the molecule is COc1cccc(N2C[C@@H](NC(=O)Nc3ccc(Cl)cc3Cl)CC2=O)c1. The number of anilines is 2. The monoisotopic (exact) mass is 393 g/mol. The van der Waals surface area contributed by atoms with Gasteiger partial charge in [-0.05, 0) is 30.3 Å². The van der Waals surface area contributed by atoms with E-state index in [2.05, 4.69) is 10.6 Å². The third kappa shape index (κ3) is 4.20. The van der Waals surface area contributed by atoms with Crippen LogP contribution in [-0.2, 0) is 4.79 Å². The van der Waals surface area contributed by atoms with Crippen LogP contribution >= 0.6 is 23.2 Å². The average molecular weight is 394 g/mol. The molecule has 0 unspecified atom stereocenters. The molecular formula is C18H17Cl2N3O3. The van der Waals surface area contributed by atoms with Gasteiger partial charge in [-0.2, -0.15) is 0 Å². The molecule has 1 aliphatic rings. The summed E-state index contributed by atoms with van der Waals surface area (Å²) in [4.78, 5) is 26.1. The predicted molar refractivity (Wildman–Crippen MR) is 102 cm³/mol. The van der Waals surface area contributed by atoms with Crippen LogP contribution in [0.15, 0.2) is 42.5 Å². The van der Waals surface area contributed by atoms with Crippen molar-refractivity contribution in [3.8, 4) is 5.75 Å². The Labute approximate surface area is 161 Å². The largest absolute Gasteiger partial charge is 0.497 e. The van der Waals surface area contributed by atoms with Crippen molar-refractivity contribution in [2.24, 2.45) is 0 Å². The highest BCUT2D eigenvalue weighted by Crippen LogP contribution is 2.27. The second kappa shape index (κ2) is 7.85. The molecule has 2 aromatic carbocycles. The van der Waals surface area contributed by atoms with E-state index < -0.39 is 6.03 Å². The predicted octanol–water partition coefficient (Wildman–Crippen LogP) is 3.93. The van der Waals surface area contributed by atoms with Crippen molar-refractivity contribution in [3.05, 3.63) is 52.5 Å². The topological polar surface area (TPSA) is 70.7 Å². The van der Waals surface area contributed by atoms with Gasteiger partial charge in [-0.1, -0.05) is 29.3 Å². The molecule has 1 atom stereocenters. The third-order valence-corrected chi connectivity index (χ3v) is 4.55. The summed E-state index contributed by atoms with van der Waals surface area (Å²) in [5.41, 5.74) is 1.18. The fourth-order valence-electron chi connectivity index (χ4n) is 2.77. The number of benzene rings is 2. The third-order valence-electron chi connectivity index (χ3n) is 4.00. The molecule has 3 rings (SSSR count). The van der Waals surface area contributed by atoms with Crippen LogP contribution in [0.1, 0.15) is 6.42 Å². The summed E-state index contributed by atoms with van der Waals surface area (Å²) in [5.74, 6) is 0.606. The number of methoxy groups -OCH3 is 1. The Kier molecular flexibility index (Phi) is 5.54. The zero-order valence-corrected chi connectivity index (χ0v) is 15.5. The molecule has 0 spiro atoms. The first-order chi connectivity index (χ1) is 12.5. The Balaban J connectivity index is 1.62. The van der Waals surface area contributed by atoms with Crippen molar-refractivity contribution in [3.63, 3.8) is 0 Å². The molecule has 8 heteroatoms. The minimum absolute atomic E-state index is 0.0620. The van der Waals surface area contributed by atoms with Gasteiger partial charge in [0.25, 0.3) is 0 Å². The van der Waals surface area contributed by atoms with E-state index in [9.17, 15) is 9.59 Å². The van der Waals surface area contributed by atoms with Crippen LogP contribution in [0.4, 0.5) is 16.2 Å². The number of carbonyl (C=O) groups excluding carboxylic acids is 2. The Morgan fingerprint density at radius 2 is 2.04 bits per heavy atom. The normalized spacial score (nSPS) is 16.5. The van der Waals surface area contributed by atoms with Gasteiger partial charge in [-0.25, -0.2) is 4.79 Å². The number of amides is 3. The molecule has 0 aliphatic carbocycles. The highest BCUT2D eigenvalue weighted by molar-refractivity contribution is 6.36. The van der Waals surface area contributed by atoms with Gasteiger partial charge in [-0.15, -0.1) is 0 Å². The molecule has 0 bridgehead atoms. The van der Waals surface area contributed by atoms with E-state index in [4.69, 9.17) is 27.9 Å². The number of nitrogens with zero attached hydrogens (tertiary/aromatic N) is 1. The second-order valence-corrected chi connectivity index (χ2v) is 6.67. The standard InChI is InChI=1S/C18H17Cl2N3O3/c1-26-14-4-2-3-13(9-14)23-10-12(8-17(23)24)21-18(25)22-16-6-5-11(19)7-15(16)20/h2-7,9,12H,8,10H2,1H3,(H2,21,22,25)/t12-/m0/s1. The van der Waals surface area contributed by atoms with Crippen LogP contribution in [0.3, 0.4) is 0 Å². The van der Waals surface area contributed by atoms with Crippen LogP contribution in [0.2, 0.25) is 10.0 Å². The molecule has 0 saturated carbocycles. The van der Waals surface area contributed by atoms with E-state index in [0.717, 1.165) is 5.69 Å². The first-order valence-corrected chi connectivity index (χ1v) is 8.69. The van der Waals surface area contributed by atoms with Crippen molar-refractivity contribution in [2.75, 3.05) is 23.9 Å². The summed E-state index contributed by atoms with van der Waals surface area (Å²) in [7, 11) is 1.57. The number of urea groups is 1. The lowest BCUT2D eigenvalue weighted by Gasteiger charge is -2.18. The molecule has 1 heterocycles. The molecule has 6 nitrogen and oxygen atoms in total. The molecule has 26 heavy (non-hydrogen) atoms. The average Bonchev–Trinajstić information content (AvgIpc) is 2.97. The number of hydrogen-bond donors (Lipinski definition) is 2. The summed E-state index contributed by atoms with van der Waals surface area (Å²) in [5, 5.41) is 6.28. The van der Waals surface area contributed by atoms with Crippen molar-refractivity contribution < 1.29 is 14.3 Å². The van der Waals surface area contributed by atoms with Gasteiger partial charge in [0.15, 0.2) is 0 Å². The summed E-state index contributed by atoms with van der Waals surface area (Å²) < 4.78 is 5.19. The number of carbonyl (C=O) groups is 2. The van der Waals surface area contributed by atoms with Crippen LogP contribution in [0.5, 0.6) is 5.75 Å². The molecule has 1 saturated heterocycles. The number of hydrogen-bond acceptors (Lipinski definition) is 3. The quantitative estimate of drug-likeness (QED) is 0.826. The summed E-state index contributed by atoms with van der Waals surface area (Å²) in [6.45, 7) is 0.383. The minimum Gasteiger partial charge on any atom is -0.497 e. The van der Waals surface area contributed by atoms with Gasteiger partial charge in [0.05, 0.1) is 23.9 Å². The molecular weight excluding hydrogens is 377 g/mol. The molecule has 1 fully saturated rings. The number of nitrogens with one attached hydrogen (secondary N) is 2. The van der Waals surface area contributed by atoms with Crippen LogP contribution in [0, 0.1) is 0 Å². The van der Waals surface area contributed by atoms with E-state index in [1.165, 1.54) is 0 Å². The Bertz CT molecular complexity index is 844. The molecule has 136 valence electrons. The molecule has 2 N–H and O–H groups in total. The number of rotatable bonds is 4. The van der Waals surface area contributed by atoms with Gasteiger partial charge in [0, 0.05) is 29.7 Å². The van der Waals surface area contributed by atoms with Crippen molar-refractivity contribution in [2.45, 2.75) is 12.5 Å². The van der Waals surface area contributed by atoms with Crippen LogP contribution < -0.4 is 20.3 Å². The van der Waals surface area contributed by atoms with Crippen molar-refractivity contribution in [1.82, 2.24) is 5.32 Å². The maximum Gasteiger partial charge on any atom is 0.319 e. The van der Waals surface area contributed by atoms with Gasteiger partial charge >= 0.3 is 6.03 Å². The van der Waals surface area contributed by atoms with Gasteiger partial charge < -0.3 is 20.3 Å². The van der Waals surface area contributed by atoms with E-state index in [1.807, 2.05) is 18.2 Å². The van der Waals surface area contributed by atoms with E-state index >= 15 is 0 Å². The van der Waals surface area contributed by atoms with E-state index in [1.54, 1.807) is 36.3 Å². The highest BCUT2D eigenvalue weighted by atomic mass is 35.5. The summed E-state index contributed by atoms with van der Waals surface area (Å²) in [6.07, 6.45) is 0.221. The molecule has 3 amide bonds. The second-order valence-electron chi connectivity index (χ2n) is 5.83. The van der Waals surface area contributed by atoms with Gasteiger partial charge in [0.2, 0.25) is 5.91 Å². The smallest absolute Gasteiger partial charge is 0.319 e. The highest BCUT2D eigenvalue weighted by Gasteiger charge is 2.31. The minimum atomic E-state index is -0.431. The fourth-order valence-corrected chi connectivity index (χ4v) is 3.22. The van der Waals surface area contributed by atoms with E-state index in [0.29, 0.717) is 28.0 Å². The summed E-state index contributed by atoms with van der Waals surface area (Å²) in [6, 6.07) is 11.3. The van der Waals surface area contributed by atoms with Gasteiger partial charge in [-0.3, -0.25) is 4.79 Å². The summed E-state index contributed by atoms with van der Waals surface area (Å²) >= 11 is 11.9.